The maximum atomic E-state index is 13.7. The quantitative estimate of drug-likeness (QED) is 0.250. The van der Waals surface area contributed by atoms with E-state index in [0.29, 0.717) is 25.3 Å². The number of nitrogens with one attached hydrogen (secondary N) is 1. The van der Waals surface area contributed by atoms with Crippen LogP contribution in [0.25, 0.3) is 0 Å². The van der Waals surface area contributed by atoms with Crippen molar-refractivity contribution in [2.24, 2.45) is 59.2 Å². The molecule has 0 aliphatic heterocycles. The summed E-state index contributed by atoms with van der Waals surface area (Å²) in [5.41, 5.74) is 0. The third-order valence-electron chi connectivity index (χ3n) is 13.5. The lowest BCUT2D eigenvalue weighted by Gasteiger charge is -2.46. The third kappa shape index (κ3) is 8.15. The SMILES string of the molecule is CC[C@H]1C2CCCCCC1C1CCCCCC1C1CCCCCC(C1)C1CCC(C(=O)NCCCC(=O)OC)CC2C1. The van der Waals surface area contributed by atoms with Crippen molar-refractivity contribution >= 4 is 11.9 Å². The topological polar surface area (TPSA) is 55.4 Å². The summed E-state index contributed by atoms with van der Waals surface area (Å²) in [6.45, 7) is 3.13. The summed E-state index contributed by atoms with van der Waals surface area (Å²) in [5, 5.41) is 3.27. The molecule has 4 nitrogen and oxygen atoms in total. The van der Waals surface area contributed by atoms with Crippen LogP contribution in [0.5, 0.6) is 0 Å². The molecule has 240 valence electrons. The number of amides is 1. The lowest BCUT2D eigenvalue weighted by Crippen LogP contribution is -2.39. The summed E-state index contributed by atoms with van der Waals surface area (Å²) >= 11 is 0. The molecule has 1 N–H and O–H groups in total. The number of hydrogen-bond donors (Lipinski definition) is 1. The van der Waals surface area contributed by atoms with Crippen molar-refractivity contribution in [1.29, 1.82) is 0 Å². The largest absolute Gasteiger partial charge is 0.469 e. The van der Waals surface area contributed by atoms with Crippen LogP contribution in [-0.4, -0.2) is 25.5 Å². The predicted octanol–water partition coefficient (Wildman–Crippen LogP) is 9.50. The maximum absolute atomic E-state index is 13.7. The van der Waals surface area contributed by atoms with Crippen LogP contribution in [0.1, 0.15) is 155 Å². The predicted molar refractivity (Wildman–Crippen MR) is 172 cm³/mol. The second kappa shape index (κ2) is 16.3. The monoisotopic (exact) mass is 583 g/mol. The van der Waals surface area contributed by atoms with Crippen LogP contribution < -0.4 is 5.32 Å². The molecule has 1 amide bonds. The molecule has 5 rings (SSSR count). The molecule has 0 radical (unpaired) electrons. The maximum Gasteiger partial charge on any atom is 0.305 e. The molecular formula is C38H65NO3. The first-order valence-corrected chi connectivity index (χ1v) is 18.9. The van der Waals surface area contributed by atoms with Crippen molar-refractivity contribution in [3.8, 4) is 0 Å². The first-order valence-electron chi connectivity index (χ1n) is 18.9. The van der Waals surface area contributed by atoms with Gasteiger partial charge in [0.1, 0.15) is 0 Å². The molecule has 5 saturated carbocycles. The van der Waals surface area contributed by atoms with Gasteiger partial charge in [-0.3, -0.25) is 9.59 Å². The lowest BCUT2D eigenvalue weighted by molar-refractivity contribution is -0.140. The van der Waals surface area contributed by atoms with Crippen molar-refractivity contribution in [3.05, 3.63) is 0 Å². The van der Waals surface area contributed by atoms with Crippen LogP contribution >= 0.6 is 0 Å². The van der Waals surface area contributed by atoms with Crippen molar-refractivity contribution in [2.75, 3.05) is 13.7 Å². The van der Waals surface area contributed by atoms with E-state index in [9.17, 15) is 9.59 Å². The average Bonchev–Trinajstić information content (AvgIpc) is 3.35. The number of esters is 1. The van der Waals surface area contributed by atoms with E-state index in [4.69, 9.17) is 4.74 Å². The van der Waals surface area contributed by atoms with Gasteiger partial charge in [-0.05, 0) is 117 Å². The highest BCUT2D eigenvalue weighted by atomic mass is 16.5. The second-order valence-electron chi connectivity index (χ2n) is 15.6. The van der Waals surface area contributed by atoms with Crippen LogP contribution in [0.4, 0.5) is 0 Å². The third-order valence-corrected chi connectivity index (χ3v) is 13.5. The number of ether oxygens (including phenoxy) is 1. The van der Waals surface area contributed by atoms with E-state index < -0.39 is 0 Å². The molecule has 0 heterocycles. The lowest BCUT2D eigenvalue weighted by atomic mass is 9.59. The number of carbonyl (C=O) groups is 2. The number of methoxy groups -OCH3 is 1. The Labute approximate surface area is 258 Å². The standard InChI is InChI=1S/C38H65NO3/c1-3-32-34-17-10-6-11-18-35(32)36-19-12-5-9-16-33(36)29-15-8-4-7-14-27(24-29)28-21-22-30(26-31(34)25-28)38(41)39-23-13-20-37(40)42-2/h27-36H,3-26H2,1-2H3,(H,39,41)/t27?,28?,29?,30?,31?,32-,33?,34?,35?,36?/m0/s1. The van der Waals surface area contributed by atoms with E-state index >= 15 is 0 Å². The minimum Gasteiger partial charge on any atom is -0.469 e. The van der Waals surface area contributed by atoms with Crippen LogP contribution in [0.3, 0.4) is 0 Å². The van der Waals surface area contributed by atoms with Crippen LogP contribution in [0.2, 0.25) is 0 Å². The Morgan fingerprint density at radius 3 is 1.93 bits per heavy atom. The normalized spacial score (nSPS) is 39.8. The van der Waals surface area contributed by atoms with Gasteiger partial charge in [-0.15, -0.1) is 0 Å². The Morgan fingerprint density at radius 1 is 0.619 bits per heavy atom. The highest BCUT2D eigenvalue weighted by molar-refractivity contribution is 5.78. The van der Waals surface area contributed by atoms with Gasteiger partial charge < -0.3 is 10.1 Å². The number of fused-ring (bicyclic) bond motifs is 11. The fraction of sp³-hybridized carbons (Fsp3) is 0.947. The smallest absolute Gasteiger partial charge is 0.305 e. The van der Waals surface area contributed by atoms with Gasteiger partial charge in [0.25, 0.3) is 0 Å². The van der Waals surface area contributed by atoms with Gasteiger partial charge in [-0.2, -0.15) is 0 Å². The van der Waals surface area contributed by atoms with Crippen molar-refractivity contribution in [2.45, 2.75) is 155 Å². The average molecular weight is 584 g/mol. The molecule has 0 saturated heterocycles. The minimum absolute atomic E-state index is 0.150. The summed E-state index contributed by atoms with van der Waals surface area (Å²) < 4.78 is 4.81. The molecule has 5 aliphatic carbocycles. The molecule has 6 bridgehead atoms. The molecule has 0 spiro atoms. The molecular weight excluding hydrogens is 518 g/mol. The van der Waals surface area contributed by atoms with Gasteiger partial charge >= 0.3 is 5.97 Å². The first kappa shape index (κ1) is 32.3. The van der Waals surface area contributed by atoms with Gasteiger partial charge in [0.05, 0.1) is 7.11 Å². The summed E-state index contributed by atoms with van der Waals surface area (Å²) in [6.07, 6.45) is 30.6. The summed E-state index contributed by atoms with van der Waals surface area (Å²) in [6, 6.07) is 0. The number of rotatable bonds is 6. The summed E-state index contributed by atoms with van der Waals surface area (Å²) in [7, 11) is 1.44. The molecule has 42 heavy (non-hydrogen) atoms. The van der Waals surface area contributed by atoms with Crippen LogP contribution in [0, 0.1) is 59.2 Å². The Hall–Kier alpha value is -1.06. The number of carbonyl (C=O) groups excluding carboxylic acids is 2. The highest BCUT2D eigenvalue weighted by Gasteiger charge is 2.46. The molecule has 10 atom stereocenters. The van der Waals surface area contributed by atoms with Crippen molar-refractivity contribution in [3.63, 3.8) is 0 Å². The van der Waals surface area contributed by atoms with Gasteiger partial charge in [0.2, 0.25) is 5.91 Å². The van der Waals surface area contributed by atoms with Gasteiger partial charge in [0, 0.05) is 18.9 Å². The minimum atomic E-state index is -0.180. The van der Waals surface area contributed by atoms with Crippen molar-refractivity contribution in [1.82, 2.24) is 5.32 Å². The molecule has 0 aromatic carbocycles. The molecule has 5 aliphatic rings. The molecule has 0 aromatic rings. The van der Waals surface area contributed by atoms with E-state index in [1.165, 1.54) is 129 Å². The zero-order chi connectivity index (χ0) is 29.3. The van der Waals surface area contributed by atoms with E-state index in [0.717, 1.165) is 60.2 Å². The molecule has 5 fully saturated rings. The second-order valence-corrected chi connectivity index (χ2v) is 15.6. The van der Waals surface area contributed by atoms with Gasteiger partial charge in [-0.1, -0.05) is 84.0 Å². The van der Waals surface area contributed by atoms with Crippen LogP contribution in [0.15, 0.2) is 0 Å². The number of hydrogen-bond acceptors (Lipinski definition) is 3. The van der Waals surface area contributed by atoms with Gasteiger partial charge in [-0.25, -0.2) is 0 Å². The first-order chi connectivity index (χ1) is 20.6. The fourth-order valence-electron chi connectivity index (χ4n) is 11.5. The molecule has 9 unspecified atom stereocenters. The van der Waals surface area contributed by atoms with E-state index in [-0.39, 0.29) is 17.8 Å². The Morgan fingerprint density at radius 2 is 1.21 bits per heavy atom. The fourth-order valence-corrected chi connectivity index (χ4v) is 11.5. The summed E-state index contributed by atoms with van der Waals surface area (Å²) in [4.78, 5) is 25.3. The van der Waals surface area contributed by atoms with Crippen molar-refractivity contribution < 1.29 is 14.3 Å². The Bertz CT molecular complexity index is 842. The zero-order valence-electron chi connectivity index (χ0n) is 27.5. The van der Waals surface area contributed by atoms with E-state index in [2.05, 4.69) is 12.2 Å². The zero-order valence-corrected chi connectivity index (χ0v) is 27.5. The Balaban J connectivity index is 1.45. The van der Waals surface area contributed by atoms with E-state index in [1.807, 2.05) is 0 Å². The van der Waals surface area contributed by atoms with Crippen LogP contribution in [-0.2, 0) is 14.3 Å². The van der Waals surface area contributed by atoms with Gasteiger partial charge in [0.15, 0.2) is 0 Å². The molecule has 0 aromatic heterocycles. The molecule has 4 heteroatoms. The summed E-state index contributed by atoms with van der Waals surface area (Å²) in [5.74, 6) is 8.11. The van der Waals surface area contributed by atoms with E-state index in [1.54, 1.807) is 0 Å². The highest BCUT2D eigenvalue weighted by Crippen LogP contribution is 2.55. The Kier molecular flexibility index (Phi) is 12.6.